The van der Waals surface area contributed by atoms with Crippen molar-refractivity contribution in [2.75, 3.05) is 12.4 Å². The van der Waals surface area contributed by atoms with Gasteiger partial charge in [-0.05, 0) is 33.6 Å². The molecule has 20 heavy (non-hydrogen) atoms. The Morgan fingerprint density at radius 2 is 2.00 bits per heavy atom. The lowest BCUT2D eigenvalue weighted by molar-refractivity contribution is 0.155. The number of halogens is 1. The van der Waals surface area contributed by atoms with Gasteiger partial charge in [0.15, 0.2) is 11.6 Å². The summed E-state index contributed by atoms with van der Waals surface area (Å²) >= 11 is 3.23. The van der Waals surface area contributed by atoms with E-state index in [9.17, 15) is 4.79 Å². The van der Waals surface area contributed by atoms with Gasteiger partial charge in [0.25, 0.3) is 0 Å². The Morgan fingerprint density at radius 3 is 2.70 bits per heavy atom. The monoisotopic (exact) mass is 336 g/mol. The van der Waals surface area contributed by atoms with Crippen LogP contribution in [0.25, 0.3) is 0 Å². The summed E-state index contributed by atoms with van der Waals surface area (Å²) in [7, 11) is 1.51. The maximum Gasteiger partial charge on any atom is 0.413 e. The highest BCUT2D eigenvalue weighted by atomic mass is 79.9. The van der Waals surface area contributed by atoms with Crippen LogP contribution in [-0.2, 0) is 11.3 Å². The van der Waals surface area contributed by atoms with E-state index >= 15 is 0 Å². The van der Waals surface area contributed by atoms with Crippen molar-refractivity contribution < 1.29 is 14.3 Å². The van der Waals surface area contributed by atoms with Gasteiger partial charge in [-0.3, -0.25) is 5.32 Å². The molecule has 0 saturated carbocycles. The fraction of sp³-hybridized carbons (Fsp3) is 0.143. The standard InChI is InChI=1S/C14H13BrN2O3/c1-19-11-7-8-12(15)16-13(11)17-14(18)20-9-10-5-3-2-4-6-10/h2-8H,9H2,1H3,(H,16,17,18). The predicted octanol–water partition coefficient (Wildman–Crippen LogP) is 3.60. The number of nitrogens with zero attached hydrogens (tertiary/aromatic N) is 1. The normalized spacial score (nSPS) is 9.90. The van der Waals surface area contributed by atoms with Crippen LogP contribution in [0, 0.1) is 0 Å². The van der Waals surface area contributed by atoms with Crippen LogP contribution in [-0.4, -0.2) is 18.2 Å². The van der Waals surface area contributed by atoms with E-state index in [1.807, 2.05) is 30.3 Å². The number of hydrogen-bond donors (Lipinski definition) is 1. The number of pyridine rings is 1. The summed E-state index contributed by atoms with van der Waals surface area (Å²) in [6, 6.07) is 12.9. The van der Waals surface area contributed by atoms with Gasteiger partial charge in [-0.2, -0.15) is 0 Å². The zero-order valence-corrected chi connectivity index (χ0v) is 12.4. The first-order chi connectivity index (χ1) is 9.69. The highest BCUT2D eigenvalue weighted by Gasteiger charge is 2.10. The molecule has 0 aliphatic rings. The number of benzene rings is 1. The van der Waals surface area contributed by atoms with E-state index in [0.29, 0.717) is 16.2 Å². The number of anilines is 1. The molecule has 1 aromatic heterocycles. The highest BCUT2D eigenvalue weighted by Crippen LogP contribution is 2.24. The molecule has 2 aromatic rings. The molecular weight excluding hydrogens is 324 g/mol. The van der Waals surface area contributed by atoms with E-state index in [4.69, 9.17) is 9.47 Å². The molecule has 1 aromatic carbocycles. The van der Waals surface area contributed by atoms with Crippen molar-refractivity contribution in [2.45, 2.75) is 6.61 Å². The van der Waals surface area contributed by atoms with E-state index in [2.05, 4.69) is 26.2 Å². The topological polar surface area (TPSA) is 60.5 Å². The first-order valence-corrected chi connectivity index (χ1v) is 6.66. The highest BCUT2D eigenvalue weighted by molar-refractivity contribution is 9.10. The van der Waals surface area contributed by atoms with Crippen LogP contribution in [0.5, 0.6) is 5.75 Å². The summed E-state index contributed by atoms with van der Waals surface area (Å²) in [5.74, 6) is 0.768. The Labute approximate surface area is 125 Å². The van der Waals surface area contributed by atoms with Crippen LogP contribution < -0.4 is 10.1 Å². The number of hydrogen-bond acceptors (Lipinski definition) is 4. The number of ether oxygens (including phenoxy) is 2. The maximum absolute atomic E-state index is 11.7. The molecule has 0 unspecified atom stereocenters. The van der Waals surface area contributed by atoms with Gasteiger partial charge in [0, 0.05) is 0 Å². The lowest BCUT2D eigenvalue weighted by Gasteiger charge is -2.10. The predicted molar refractivity (Wildman–Crippen MR) is 78.7 cm³/mol. The summed E-state index contributed by atoms with van der Waals surface area (Å²) in [5, 5.41) is 2.55. The minimum Gasteiger partial charge on any atom is -0.493 e. The molecule has 0 saturated heterocycles. The van der Waals surface area contributed by atoms with Crippen molar-refractivity contribution in [1.82, 2.24) is 4.98 Å². The van der Waals surface area contributed by atoms with E-state index in [1.165, 1.54) is 7.11 Å². The lowest BCUT2D eigenvalue weighted by Crippen LogP contribution is -2.15. The number of methoxy groups -OCH3 is 1. The number of aromatic nitrogens is 1. The summed E-state index contributed by atoms with van der Waals surface area (Å²) in [6.45, 7) is 0.197. The second-order valence-corrected chi connectivity index (χ2v) is 4.68. The van der Waals surface area contributed by atoms with Gasteiger partial charge < -0.3 is 9.47 Å². The number of amides is 1. The Balaban J connectivity index is 1.96. The first-order valence-electron chi connectivity index (χ1n) is 5.87. The van der Waals surface area contributed by atoms with E-state index in [0.717, 1.165) is 5.56 Å². The molecule has 2 rings (SSSR count). The van der Waals surface area contributed by atoms with Gasteiger partial charge in [0.05, 0.1) is 7.11 Å². The fourth-order valence-electron chi connectivity index (χ4n) is 1.53. The SMILES string of the molecule is COc1ccc(Br)nc1NC(=O)OCc1ccccc1. The molecule has 0 atom stereocenters. The van der Waals surface area contributed by atoms with Crippen molar-refractivity contribution >= 4 is 27.8 Å². The second-order valence-electron chi connectivity index (χ2n) is 3.87. The Bertz CT molecular complexity index is 590. The molecule has 0 radical (unpaired) electrons. The molecule has 0 bridgehead atoms. The Morgan fingerprint density at radius 1 is 1.25 bits per heavy atom. The van der Waals surface area contributed by atoms with E-state index < -0.39 is 6.09 Å². The van der Waals surface area contributed by atoms with Crippen molar-refractivity contribution in [3.05, 3.63) is 52.6 Å². The van der Waals surface area contributed by atoms with Crippen LogP contribution >= 0.6 is 15.9 Å². The van der Waals surface area contributed by atoms with Crippen LogP contribution in [0.2, 0.25) is 0 Å². The molecular formula is C14H13BrN2O3. The van der Waals surface area contributed by atoms with Crippen molar-refractivity contribution in [3.8, 4) is 5.75 Å². The van der Waals surface area contributed by atoms with Crippen LogP contribution in [0.4, 0.5) is 10.6 Å². The molecule has 104 valence electrons. The van der Waals surface area contributed by atoms with Gasteiger partial charge in [-0.25, -0.2) is 9.78 Å². The third-order valence-corrected chi connectivity index (χ3v) is 2.92. The van der Waals surface area contributed by atoms with Gasteiger partial charge in [0.2, 0.25) is 0 Å². The van der Waals surface area contributed by atoms with Gasteiger partial charge in [0.1, 0.15) is 11.2 Å². The van der Waals surface area contributed by atoms with Gasteiger partial charge in [-0.15, -0.1) is 0 Å². The Hall–Kier alpha value is -2.08. The minimum absolute atomic E-state index is 0.197. The summed E-state index contributed by atoms with van der Waals surface area (Å²) < 4.78 is 10.8. The van der Waals surface area contributed by atoms with Crippen LogP contribution in [0.3, 0.4) is 0 Å². The zero-order chi connectivity index (χ0) is 14.4. The third kappa shape index (κ3) is 3.96. The van der Waals surface area contributed by atoms with Crippen LogP contribution in [0.1, 0.15) is 5.56 Å². The van der Waals surface area contributed by atoms with E-state index in [-0.39, 0.29) is 6.61 Å². The minimum atomic E-state index is -0.585. The summed E-state index contributed by atoms with van der Waals surface area (Å²) in [6.07, 6.45) is -0.585. The first kappa shape index (κ1) is 14.3. The number of carbonyl (C=O) groups excluding carboxylic acids is 1. The molecule has 0 aliphatic carbocycles. The molecule has 5 nitrogen and oxygen atoms in total. The molecule has 1 heterocycles. The second kappa shape index (κ2) is 6.91. The fourth-order valence-corrected chi connectivity index (χ4v) is 1.84. The van der Waals surface area contributed by atoms with Crippen molar-refractivity contribution in [2.24, 2.45) is 0 Å². The molecule has 6 heteroatoms. The quantitative estimate of drug-likeness (QED) is 0.866. The molecule has 0 aliphatic heterocycles. The average molecular weight is 337 g/mol. The van der Waals surface area contributed by atoms with Gasteiger partial charge in [-0.1, -0.05) is 30.3 Å². The number of carbonyl (C=O) groups is 1. The van der Waals surface area contributed by atoms with E-state index in [1.54, 1.807) is 12.1 Å². The Kier molecular flexibility index (Phi) is 4.95. The zero-order valence-electron chi connectivity index (χ0n) is 10.8. The lowest BCUT2D eigenvalue weighted by atomic mass is 10.2. The molecule has 1 N–H and O–H groups in total. The molecule has 0 fully saturated rings. The summed E-state index contributed by atoms with van der Waals surface area (Å²) in [5.41, 5.74) is 0.914. The number of rotatable bonds is 4. The van der Waals surface area contributed by atoms with Crippen molar-refractivity contribution in [3.63, 3.8) is 0 Å². The molecule has 1 amide bonds. The maximum atomic E-state index is 11.7. The van der Waals surface area contributed by atoms with Crippen LogP contribution in [0.15, 0.2) is 47.1 Å². The molecule has 0 spiro atoms. The number of nitrogens with one attached hydrogen (secondary N) is 1. The summed E-state index contributed by atoms with van der Waals surface area (Å²) in [4.78, 5) is 15.8. The smallest absolute Gasteiger partial charge is 0.413 e. The van der Waals surface area contributed by atoms with Gasteiger partial charge >= 0.3 is 6.09 Å². The average Bonchev–Trinajstić information content (AvgIpc) is 2.46. The van der Waals surface area contributed by atoms with Crippen molar-refractivity contribution in [1.29, 1.82) is 0 Å². The largest absolute Gasteiger partial charge is 0.493 e. The third-order valence-electron chi connectivity index (χ3n) is 2.48.